The fourth-order valence-corrected chi connectivity index (χ4v) is 5.24. The van der Waals surface area contributed by atoms with Crippen LogP contribution in [0.15, 0.2) is 85.0 Å². The standard InChI is InChI=1S/C38H54N2.C3H8.C2H6/c1-5-8-10-15-32(7-3)16-12-13-27-40-38(19-11-9-6-2)37-29-31(4)20-23-36(37)30-39-28-26-33-21-24-35(25-22-33)34-17-14-18-34;1-3-2;1-2/h7-8,10,15,19-25,29,34,39-40H,3,5-6,9,11-14,16-18,26-28,30H2,1-2,4H3;3H2,1-2H3;1-2H3/b10-8-,32-15+,38-19-;;. The van der Waals surface area contributed by atoms with Gasteiger partial charge in [-0.3, -0.25) is 0 Å². The first kappa shape index (κ1) is 40.2. The molecule has 0 aromatic heterocycles. The molecule has 0 amide bonds. The third kappa shape index (κ3) is 16.9. The number of hydrogen-bond donors (Lipinski definition) is 2. The van der Waals surface area contributed by atoms with Gasteiger partial charge in [0.1, 0.15) is 0 Å². The number of nitrogens with one attached hydrogen (secondary N) is 2. The van der Waals surface area contributed by atoms with E-state index in [4.69, 9.17) is 0 Å². The zero-order valence-corrected chi connectivity index (χ0v) is 30.3. The molecule has 0 heterocycles. The number of unbranched alkanes of at least 4 members (excludes halogenated alkanes) is 3. The van der Waals surface area contributed by atoms with Gasteiger partial charge in [-0.1, -0.05) is 140 Å². The van der Waals surface area contributed by atoms with Crippen LogP contribution in [0.2, 0.25) is 0 Å². The summed E-state index contributed by atoms with van der Waals surface area (Å²) in [6.45, 7) is 21.8. The molecule has 0 saturated heterocycles. The number of allylic oxidation sites excluding steroid dienone is 6. The molecule has 1 aliphatic rings. The Kier molecular flexibility index (Phi) is 23.6. The van der Waals surface area contributed by atoms with E-state index in [1.54, 1.807) is 0 Å². The smallest absolute Gasteiger partial charge is 0.0376 e. The van der Waals surface area contributed by atoms with Crippen molar-refractivity contribution >= 4 is 5.70 Å². The zero-order chi connectivity index (χ0) is 33.1. The van der Waals surface area contributed by atoms with Crippen molar-refractivity contribution in [1.82, 2.24) is 10.6 Å². The van der Waals surface area contributed by atoms with Crippen molar-refractivity contribution in [1.29, 1.82) is 0 Å². The summed E-state index contributed by atoms with van der Waals surface area (Å²) in [4.78, 5) is 0. The maximum atomic E-state index is 4.00. The first-order valence-electron chi connectivity index (χ1n) is 18.4. The maximum Gasteiger partial charge on any atom is 0.0376 e. The van der Waals surface area contributed by atoms with Gasteiger partial charge in [0.25, 0.3) is 0 Å². The maximum absolute atomic E-state index is 4.00. The van der Waals surface area contributed by atoms with Crippen LogP contribution in [-0.4, -0.2) is 13.1 Å². The van der Waals surface area contributed by atoms with Crippen molar-refractivity contribution in [2.75, 3.05) is 13.1 Å². The Bertz CT molecular complexity index is 1120. The lowest BCUT2D eigenvalue weighted by Gasteiger charge is -2.25. The van der Waals surface area contributed by atoms with E-state index in [2.05, 4.69) is 119 Å². The molecule has 2 nitrogen and oxygen atoms in total. The van der Waals surface area contributed by atoms with Crippen LogP contribution < -0.4 is 10.6 Å². The van der Waals surface area contributed by atoms with Gasteiger partial charge in [-0.2, -0.15) is 0 Å². The van der Waals surface area contributed by atoms with Crippen LogP contribution >= 0.6 is 0 Å². The summed E-state index contributed by atoms with van der Waals surface area (Å²) >= 11 is 0. The zero-order valence-electron chi connectivity index (χ0n) is 30.3. The van der Waals surface area contributed by atoms with Gasteiger partial charge in [0.15, 0.2) is 0 Å². The second-order valence-corrected chi connectivity index (χ2v) is 12.1. The Morgan fingerprint density at radius 3 is 2.29 bits per heavy atom. The van der Waals surface area contributed by atoms with Crippen LogP contribution in [0.1, 0.15) is 146 Å². The lowest BCUT2D eigenvalue weighted by atomic mass is 9.80. The normalized spacial score (nSPS) is 13.4. The molecule has 2 aromatic carbocycles. The SMILES string of the molecule is C=C/C(=C\C=C/CC)CCCCN/C(=C\CCCC)c1cc(C)ccc1CNCCc1ccc(C2CCC2)cc1.CC.CCC. The second kappa shape index (κ2) is 26.4. The van der Waals surface area contributed by atoms with Crippen LogP contribution in [0.3, 0.4) is 0 Å². The lowest BCUT2D eigenvalue weighted by Crippen LogP contribution is -2.20. The van der Waals surface area contributed by atoms with E-state index in [9.17, 15) is 0 Å². The highest BCUT2D eigenvalue weighted by Crippen LogP contribution is 2.36. The summed E-state index contributed by atoms with van der Waals surface area (Å²) in [5.74, 6) is 0.815. The molecule has 2 N–H and O–H groups in total. The van der Waals surface area contributed by atoms with Crippen LogP contribution in [0.5, 0.6) is 0 Å². The highest BCUT2D eigenvalue weighted by atomic mass is 14.9. The Morgan fingerprint density at radius 2 is 1.67 bits per heavy atom. The van der Waals surface area contributed by atoms with Gasteiger partial charge >= 0.3 is 0 Å². The van der Waals surface area contributed by atoms with E-state index >= 15 is 0 Å². The van der Waals surface area contributed by atoms with Gasteiger partial charge < -0.3 is 10.6 Å². The van der Waals surface area contributed by atoms with E-state index in [1.165, 1.54) is 77.6 Å². The van der Waals surface area contributed by atoms with E-state index in [0.717, 1.165) is 64.1 Å². The van der Waals surface area contributed by atoms with Crippen LogP contribution in [-0.2, 0) is 13.0 Å². The summed E-state index contributed by atoms with van der Waals surface area (Å²) in [6, 6.07) is 16.3. The molecular weight excluding hydrogens is 544 g/mol. The Morgan fingerprint density at radius 1 is 0.933 bits per heavy atom. The molecule has 1 fully saturated rings. The van der Waals surface area contributed by atoms with Crippen molar-refractivity contribution in [3.63, 3.8) is 0 Å². The third-order valence-electron chi connectivity index (χ3n) is 8.08. The van der Waals surface area contributed by atoms with Crippen molar-refractivity contribution in [2.24, 2.45) is 0 Å². The highest BCUT2D eigenvalue weighted by molar-refractivity contribution is 5.67. The second-order valence-electron chi connectivity index (χ2n) is 12.1. The molecule has 0 unspecified atom stereocenters. The van der Waals surface area contributed by atoms with Gasteiger partial charge in [-0.25, -0.2) is 0 Å². The largest absolute Gasteiger partial charge is 0.385 e. The van der Waals surface area contributed by atoms with E-state index < -0.39 is 0 Å². The molecular formula is C43H68N2. The summed E-state index contributed by atoms with van der Waals surface area (Å²) in [6.07, 6.45) is 25.5. The lowest BCUT2D eigenvalue weighted by molar-refractivity contribution is 0.419. The summed E-state index contributed by atoms with van der Waals surface area (Å²) in [5.41, 5.74) is 9.62. The molecule has 1 aliphatic carbocycles. The molecule has 250 valence electrons. The van der Waals surface area contributed by atoms with Gasteiger partial charge in [-0.15, -0.1) is 0 Å². The van der Waals surface area contributed by atoms with Crippen LogP contribution in [0.4, 0.5) is 0 Å². The fourth-order valence-electron chi connectivity index (χ4n) is 5.24. The minimum Gasteiger partial charge on any atom is -0.385 e. The summed E-state index contributed by atoms with van der Waals surface area (Å²) in [7, 11) is 0. The quantitative estimate of drug-likeness (QED) is 0.122. The predicted molar refractivity (Wildman–Crippen MR) is 204 cm³/mol. The molecule has 0 radical (unpaired) electrons. The Hall–Kier alpha value is -2.84. The molecule has 0 aliphatic heterocycles. The molecule has 45 heavy (non-hydrogen) atoms. The third-order valence-corrected chi connectivity index (χ3v) is 8.08. The number of hydrogen-bond acceptors (Lipinski definition) is 2. The van der Waals surface area contributed by atoms with Crippen molar-refractivity contribution < 1.29 is 0 Å². The molecule has 1 saturated carbocycles. The van der Waals surface area contributed by atoms with Crippen molar-refractivity contribution in [2.45, 2.75) is 138 Å². The first-order chi connectivity index (χ1) is 22.1. The first-order valence-corrected chi connectivity index (χ1v) is 18.4. The van der Waals surface area contributed by atoms with Crippen molar-refractivity contribution in [3.05, 3.63) is 113 Å². The average molecular weight is 613 g/mol. The molecule has 0 atom stereocenters. The fraction of sp³-hybridized carbons (Fsp3) is 0.535. The average Bonchev–Trinajstić information content (AvgIpc) is 3.03. The van der Waals surface area contributed by atoms with E-state index in [0.29, 0.717) is 0 Å². The van der Waals surface area contributed by atoms with Gasteiger partial charge in [0.2, 0.25) is 0 Å². The molecule has 2 heteroatoms. The highest BCUT2D eigenvalue weighted by Gasteiger charge is 2.18. The van der Waals surface area contributed by atoms with E-state index in [1.807, 2.05) is 19.9 Å². The predicted octanol–water partition coefficient (Wildman–Crippen LogP) is 12.4. The molecule has 0 spiro atoms. The van der Waals surface area contributed by atoms with E-state index in [-0.39, 0.29) is 0 Å². The molecule has 0 bridgehead atoms. The summed E-state index contributed by atoms with van der Waals surface area (Å²) < 4.78 is 0. The Labute approximate surface area is 279 Å². The minimum absolute atomic E-state index is 0.815. The van der Waals surface area contributed by atoms with Gasteiger partial charge in [-0.05, 0) is 106 Å². The van der Waals surface area contributed by atoms with Gasteiger partial charge in [0.05, 0.1) is 0 Å². The Balaban J connectivity index is 0.00000191. The number of aryl methyl sites for hydroxylation is 1. The molecule has 3 rings (SSSR count). The molecule has 2 aromatic rings. The van der Waals surface area contributed by atoms with Crippen LogP contribution in [0, 0.1) is 6.92 Å². The van der Waals surface area contributed by atoms with Gasteiger partial charge in [0, 0.05) is 24.4 Å². The number of rotatable bonds is 19. The monoisotopic (exact) mass is 613 g/mol. The van der Waals surface area contributed by atoms with Crippen molar-refractivity contribution in [3.8, 4) is 0 Å². The number of benzene rings is 2. The van der Waals surface area contributed by atoms with Crippen LogP contribution in [0.25, 0.3) is 5.70 Å². The minimum atomic E-state index is 0.815. The topological polar surface area (TPSA) is 24.1 Å². The summed E-state index contributed by atoms with van der Waals surface area (Å²) in [5, 5.41) is 7.55.